The number of hydrogen-bond acceptors (Lipinski definition) is 1. The van der Waals surface area contributed by atoms with E-state index in [4.69, 9.17) is 11.6 Å². The van der Waals surface area contributed by atoms with E-state index in [9.17, 15) is 0 Å². The Bertz CT molecular complexity index is 1710. The van der Waals surface area contributed by atoms with Crippen molar-refractivity contribution in [2.45, 2.75) is 31.7 Å². The third-order valence-corrected chi connectivity index (χ3v) is 7.99. The second-order valence-corrected chi connectivity index (χ2v) is 9.86. The number of pyridine rings is 3. The number of rotatable bonds is 1. The third-order valence-electron chi connectivity index (χ3n) is 7.99. The Balaban J connectivity index is 1.52. The average Bonchev–Trinajstić information content (AvgIpc) is 3.25. The average molecular weight is 469 g/mol. The third kappa shape index (κ3) is 2.91. The van der Waals surface area contributed by atoms with Crippen LogP contribution in [0.25, 0.3) is 45.3 Å². The van der Waals surface area contributed by atoms with Crippen molar-refractivity contribution in [3.8, 4) is 22.5 Å². The van der Waals surface area contributed by atoms with E-state index >= 15 is 0 Å². The monoisotopic (exact) mass is 468 g/mol. The Labute approximate surface area is 210 Å². The van der Waals surface area contributed by atoms with Crippen LogP contribution in [0.1, 0.15) is 40.9 Å². The second kappa shape index (κ2) is 7.85. The maximum absolute atomic E-state index is 5.20. The van der Waals surface area contributed by atoms with Crippen LogP contribution < -0.4 is 9.13 Å². The smallest absolute Gasteiger partial charge is 0.249 e. The van der Waals surface area contributed by atoms with Gasteiger partial charge in [0.2, 0.25) is 23.1 Å². The number of nitrogens with zero attached hydrogens (tertiary/aromatic N) is 3. The summed E-state index contributed by atoms with van der Waals surface area (Å²) in [5.74, 6) is 0.284. The van der Waals surface area contributed by atoms with Crippen LogP contribution in [-0.4, -0.2) is 9.97 Å². The number of benzene rings is 1. The first kappa shape index (κ1) is 21.0. The summed E-state index contributed by atoms with van der Waals surface area (Å²) in [5.41, 5.74) is 11.6. The van der Waals surface area contributed by atoms with E-state index in [2.05, 4.69) is 107 Å². The van der Waals surface area contributed by atoms with Crippen molar-refractivity contribution in [2.75, 3.05) is 0 Å². The first-order valence-corrected chi connectivity index (χ1v) is 12.6. The predicted octanol–water partition coefficient (Wildman–Crippen LogP) is 6.18. The molecule has 0 radical (unpaired) electrons. The highest BCUT2D eigenvalue weighted by molar-refractivity contribution is 5.91. The zero-order valence-corrected chi connectivity index (χ0v) is 20.4. The Morgan fingerprint density at radius 2 is 1.75 bits per heavy atom. The lowest BCUT2D eigenvalue weighted by Gasteiger charge is -2.29. The molecule has 2 aliphatic rings. The fraction of sp³-hybridized carbons (Fsp3) is 0.156. The maximum Gasteiger partial charge on any atom is 0.249 e. The van der Waals surface area contributed by atoms with E-state index in [0.717, 1.165) is 57.8 Å². The molecule has 6 heterocycles. The molecule has 2 unspecified atom stereocenters. The van der Waals surface area contributed by atoms with Gasteiger partial charge in [-0.2, -0.15) is 9.13 Å². The van der Waals surface area contributed by atoms with Crippen molar-refractivity contribution in [1.29, 1.82) is 0 Å². The van der Waals surface area contributed by atoms with E-state index in [-0.39, 0.29) is 12.0 Å². The fourth-order valence-electron chi connectivity index (χ4n) is 6.37. The summed E-state index contributed by atoms with van der Waals surface area (Å²) in [4.78, 5) is 8.68. The van der Waals surface area contributed by atoms with Gasteiger partial charge in [-0.3, -0.25) is 0 Å². The summed E-state index contributed by atoms with van der Waals surface area (Å²) in [6, 6.07) is 24.1. The first-order valence-electron chi connectivity index (χ1n) is 12.6. The fourth-order valence-corrected chi connectivity index (χ4v) is 6.37. The molecule has 1 aromatic carbocycles. The number of nitrogens with one attached hydrogen (secondary N) is 1. The number of aromatic nitrogens is 4. The number of H-pyrrole nitrogens is 1. The summed E-state index contributed by atoms with van der Waals surface area (Å²) in [6.45, 7) is 10.9. The molecule has 2 atom stereocenters. The summed E-state index contributed by atoms with van der Waals surface area (Å²) in [6.07, 6.45) is 8.15. The molecule has 7 rings (SSSR count). The zero-order valence-electron chi connectivity index (χ0n) is 20.4. The Morgan fingerprint density at radius 3 is 2.61 bits per heavy atom. The number of allylic oxidation sites excluding steroid dienone is 1. The normalized spacial score (nSPS) is 18.1. The highest BCUT2D eigenvalue weighted by atomic mass is 15.1. The van der Waals surface area contributed by atoms with Crippen LogP contribution >= 0.6 is 0 Å². The zero-order chi connectivity index (χ0) is 24.4. The van der Waals surface area contributed by atoms with Gasteiger partial charge in [-0.05, 0) is 56.2 Å². The van der Waals surface area contributed by atoms with E-state index in [0.29, 0.717) is 0 Å². The Kier molecular flexibility index (Phi) is 4.58. The van der Waals surface area contributed by atoms with Crippen LogP contribution in [0.5, 0.6) is 0 Å². The summed E-state index contributed by atoms with van der Waals surface area (Å²) >= 11 is 0. The van der Waals surface area contributed by atoms with Gasteiger partial charge in [-0.25, -0.2) is 4.98 Å². The van der Waals surface area contributed by atoms with Gasteiger partial charge in [-0.1, -0.05) is 30.9 Å². The van der Waals surface area contributed by atoms with Gasteiger partial charge >= 0.3 is 0 Å². The molecule has 0 fully saturated rings. The predicted molar refractivity (Wildman–Crippen MR) is 144 cm³/mol. The molecule has 0 amide bonds. The minimum atomic E-state index is 0.104. The molecule has 4 aromatic heterocycles. The second-order valence-electron chi connectivity index (χ2n) is 9.86. The highest BCUT2D eigenvalue weighted by Crippen LogP contribution is 2.44. The molecule has 36 heavy (non-hydrogen) atoms. The minimum Gasteiger partial charge on any atom is -0.343 e. The van der Waals surface area contributed by atoms with Crippen LogP contribution in [0, 0.1) is 6.92 Å². The van der Waals surface area contributed by atoms with Crippen LogP contribution in [0.15, 0.2) is 92.3 Å². The largest absolute Gasteiger partial charge is 0.343 e. The number of hydrogen-bond donors (Lipinski definition) is 1. The molecule has 174 valence electrons. The van der Waals surface area contributed by atoms with Gasteiger partial charge in [0.05, 0.1) is 17.2 Å². The van der Waals surface area contributed by atoms with Crippen molar-refractivity contribution >= 4 is 22.8 Å². The number of aromatic amines is 1. The molecule has 0 saturated carbocycles. The molecule has 0 bridgehead atoms. The van der Waals surface area contributed by atoms with E-state index in [1.165, 1.54) is 16.8 Å². The van der Waals surface area contributed by atoms with Gasteiger partial charge in [-0.15, -0.1) is 0 Å². The maximum atomic E-state index is 5.20. The lowest BCUT2D eigenvalue weighted by Crippen LogP contribution is -2.53. The summed E-state index contributed by atoms with van der Waals surface area (Å²) in [7, 11) is 0. The lowest BCUT2D eigenvalue weighted by atomic mass is 9.79. The van der Waals surface area contributed by atoms with Crippen molar-refractivity contribution in [2.24, 2.45) is 0 Å². The molecule has 1 N–H and O–H groups in total. The SMILES string of the molecule is C=Cc1c(C)[nH]c2nc3c(cc12)-c1cccc[n+]1C(=C)C1C(CC3)c2ccccc2-c2cccc[n+]21. The van der Waals surface area contributed by atoms with Crippen LogP contribution in [0.2, 0.25) is 0 Å². The number of aryl methyl sites for hydroxylation is 2. The number of fused-ring (bicyclic) bond motifs is 10. The highest BCUT2D eigenvalue weighted by Gasteiger charge is 2.46. The van der Waals surface area contributed by atoms with Gasteiger partial charge in [0.25, 0.3) is 0 Å². The van der Waals surface area contributed by atoms with Gasteiger partial charge in [0.15, 0.2) is 12.4 Å². The molecule has 0 saturated heterocycles. The van der Waals surface area contributed by atoms with Gasteiger partial charge < -0.3 is 4.98 Å². The molecule has 0 spiro atoms. The lowest BCUT2D eigenvalue weighted by molar-refractivity contribution is -0.727. The molecular weight excluding hydrogens is 440 g/mol. The Hall–Kier alpha value is -4.31. The summed E-state index contributed by atoms with van der Waals surface area (Å²) in [5, 5.41) is 1.11. The van der Waals surface area contributed by atoms with Crippen LogP contribution in [-0.2, 0) is 6.42 Å². The Morgan fingerprint density at radius 1 is 0.972 bits per heavy atom. The van der Waals surface area contributed by atoms with Crippen LogP contribution in [0.3, 0.4) is 0 Å². The van der Waals surface area contributed by atoms with E-state index in [1.807, 2.05) is 6.08 Å². The molecule has 5 aromatic rings. The van der Waals surface area contributed by atoms with Crippen LogP contribution in [0.4, 0.5) is 0 Å². The molecular formula is C32H28N4+2. The molecule has 0 aliphatic carbocycles. The van der Waals surface area contributed by atoms with Crippen molar-refractivity contribution in [1.82, 2.24) is 9.97 Å². The van der Waals surface area contributed by atoms with Gasteiger partial charge in [0, 0.05) is 46.5 Å². The topological polar surface area (TPSA) is 36.4 Å². The quantitative estimate of drug-likeness (QED) is 0.293. The molecule has 4 nitrogen and oxygen atoms in total. The van der Waals surface area contributed by atoms with Crippen molar-refractivity contribution in [3.05, 3.63) is 115 Å². The first-order chi connectivity index (χ1) is 17.7. The van der Waals surface area contributed by atoms with Crippen molar-refractivity contribution in [3.63, 3.8) is 0 Å². The minimum absolute atomic E-state index is 0.104. The van der Waals surface area contributed by atoms with Crippen molar-refractivity contribution < 1.29 is 9.13 Å². The van der Waals surface area contributed by atoms with E-state index < -0.39 is 0 Å². The summed E-state index contributed by atoms with van der Waals surface area (Å²) < 4.78 is 4.70. The van der Waals surface area contributed by atoms with Gasteiger partial charge in [0.1, 0.15) is 5.65 Å². The molecule has 4 heteroatoms. The van der Waals surface area contributed by atoms with E-state index in [1.54, 1.807) is 0 Å². The molecule has 2 aliphatic heterocycles. The standard InChI is InChI=1S/C32H27N4/c1-4-22-20(2)33-32-26(22)19-27-28(34-32)16-15-25-23-11-5-6-12-24(23)29-13-8-10-18-36(29)31(25)21(3)35-17-9-7-14-30(27)35/h4-14,17-19,25,31H,1,3,15-16H2,2H3/q+1/p+1.